The Morgan fingerprint density at radius 2 is 1.59 bits per heavy atom. The molecule has 4 unspecified atom stereocenters. The molecule has 6 nitrogen and oxygen atoms in total. The molecule has 2 aliphatic carbocycles. The van der Waals surface area contributed by atoms with Crippen LogP contribution in [0.15, 0.2) is 30.4 Å². The van der Waals surface area contributed by atoms with Gasteiger partial charge in [-0.15, -0.1) is 0 Å². The molecular formula is C23H27N3O3. The van der Waals surface area contributed by atoms with Crippen LogP contribution in [-0.2, 0) is 14.4 Å². The second-order valence-corrected chi connectivity index (χ2v) is 8.92. The quantitative estimate of drug-likeness (QED) is 0.580. The van der Waals surface area contributed by atoms with Gasteiger partial charge >= 0.3 is 0 Å². The first-order valence-corrected chi connectivity index (χ1v) is 10.6. The molecule has 3 fully saturated rings. The van der Waals surface area contributed by atoms with E-state index in [0.717, 1.165) is 19.5 Å². The third kappa shape index (κ3) is 2.88. The normalized spacial score (nSPS) is 30.5. The molecule has 0 aromatic heterocycles. The second-order valence-electron chi connectivity index (χ2n) is 8.92. The fraction of sp³-hybridized carbons (Fsp3) is 0.522. The van der Waals surface area contributed by atoms with Crippen molar-refractivity contribution < 1.29 is 14.4 Å². The van der Waals surface area contributed by atoms with Gasteiger partial charge in [0.1, 0.15) is 6.54 Å². The summed E-state index contributed by atoms with van der Waals surface area (Å²) in [6.07, 6.45) is 5.07. The highest BCUT2D eigenvalue weighted by Gasteiger charge is 2.59. The fourth-order valence-corrected chi connectivity index (χ4v) is 5.61. The van der Waals surface area contributed by atoms with E-state index in [1.807, 2.05) is 0 Å². The minimum atomic E-state index is -0.230. The van der Waals surface area contributed by atoms with Crippen molar-refractivity contribution in [2.75, 3.05) is 37.6 Å². The number of nitrogens with zero attached hydrogens (tertiary/aromatic N) is 3. The van der Waals surface area contributed by atoms with Gasteiger partial charge in [0.15, 0.2) is 0 Å². The van der Waals surface area contributed by atoms with Gasteiger partial charge in [-0.1, -0.05) is 24.3 Å². The Morgan fingerprint density at radius 1 is 0.966 bits per heavy atom. The molecule has 0 radical (unpaired) electrons. The summed E-state index contributed by atoms with van der Waals surface area (Å²) in [5.41, 5.74) is 3.68. The molecule has 4 atom stereocenters. The predicted molar refractivity (Wildman–Crippen MR) is 109 cm³/mol. The number of carbonyl (C=O) groups is 3. The molecule has 2 aliphatic heterocycles. The standard InChI is InChI=1S/C23H27N3O3/c1-14-3-4-15(2)18(11-14)24-7-9-25(10-8-24)19(27)13-26-22(28)20-16-5-6-17(12-16)21(20)23(26)29/h3-6,11,16-17,20-21H,7-10,12-13H2,1-2H3. The summed E-state index contributed by atoms with van der Waals surface area (Å²) in [5.74, 6) is -0.491. The molecule has 1 aromatic rings. The fourth-order valence-electron chi connectivity index (χ4n) is 5.61. The summed E-state index contributed by atoms with van der Waals surface area (Å²) in [6, 6.07) is 6.43. The number of likely N-dealkylation sites (tertiary alicyclic amines) is 1. The topological polar surface area (TPSA) is 60.9 Å². The van der Waals surface area contributed by atoms with Gasteiger partial charge in [-0.25, -0.2) is 0 Å². The maximum Gasteiger partial charge on any atom is 0.242 e. The van der Waals surface area contributed by atoms with E-state index in [-0.39, 0.29) is 47.9 Å². The molecule has 152 valence electrons. The van der Waals surface area contributed by atoms with Gasteiger partial charge in [0, 0.05) is 31.9 Å². The van der Waals surface area contributed by atoms with E-state index in [2.05, 4.69) is 49.1 Å². The molecule has 2 heterocycles. The second kappa shape index (κ2) is 6.71. The monoisotopic (exact) mass is 393 g/mol. The average molecular weight is 393 g/mol. The van der Waals surface area contributed by atoms with E-state index in [0.29, 0.717) is 13.1 Å². The molecule has 2 bridgehead atoms. The van der Waals surface area contributed by atoms with E-state index in [1.165, 1.54) is 21.7 Å². The lowest BCUT2D eigenvalue weighted by molar-refractivity contribution is -0.147. The Morgan fingerprint density at radius 3 is 2.21 bits per heavy atom. The van der Waals surface area contributed by atoms with Gasteiger partial charge in [0.05, 0.1) is 11.8 Å². The third-order valence-corrected chi connectivity index (χ3v) is 7.19. The Labute approximate surface area is 171 Å². The van der Waals surface area contributed by atoms with Crippen molar-refractivity contribution in [2.24, 2.45) is 23.7 Å². The van der Waals surface area contributed by atoms with Crippen molar-refractivity contribution in [1.29, 1.82) is 0 Å². The van der Waals surface area contributed by atoms with Gasteiger partial charge in [-0.05, 0) is 49.3 Å². The Balaban J connectivity index is 1.21. The maximum absolute atomic E-state index is 12.9. The minimum Gasteiger partial charge on any atom is -0.368 e. The van der Waals surface area contributed by atoms with Crippen molar-refractivity contribution in [1.82, 2.24) is 9.80 Å². The van der Waals surface area contributed by atoms with Crippen LogP contribution < -0.4 is 4.90 Å². The van der Waals surface area contributed by atoms with Crippen LogP contribution in [-0.4, -0.2) is 60.2 Å². The summed E-state index contributed by atoms with van der Waals surface area (Å²) < 4.78 is 0. The molecule has 5 rings (SSSR count). The Bertz CT molecular complexity index is 886. The first-order valence-electron chi connectivity index (χ1n) is 10.6. The van der Waals surface area contributed by atoms with Crippen LogP contribution >= 0.6 is 0 Å². The number of aryl methyl sites for hydroxylation is 2. The minimum absolute atomic E-state index is 0.104. The van der Waals surface area contributed by atoms with Crippen LogP contribution in [0.5, 0.6) is 0 Å². The lowest BCUT2D eigenvalue weighted by Crippen LogP contribution is -2.52. The average Bonchev–Trinajstić information content (AvgIpc) is 3.40. The zero-order valence-corrected chi connectivity index (χ0v) is 17.0. The number of amides is 3. The molecule has 3 amide bonds. The zero-order valence-electron chi connectivity index (χ0n) is 17.0. The molecular weight excluding hydrogens is 366 g/mol. The first kappa shape index (κ1) is 18.4. The molecule has 0 N–H and O–H groups in total. The number of benzene rings is 1. The van der Waals surface area contributed by atoms with E-state index in [1.54, 1.807) is 4.90 Å². The number of allylic oxidation sites excluding steroid dienone is 2. The lowest BCUT2D eigenvalue weighted by Gasteiger charge is -2.37. The maximum atomic E-state index is 12.9. The van der Waals surface area contributed by atoms with Gasteiger partial charge in [-0.3, -0.25) is 19.3 Å². The number of carbonyl (C=O) groups excluding carboxylic acids is 3. The van der Waals surface area contributed by atoms with Gasteiger partial charge in [0.25, 0.3) is 0 Å². The number of anilines is 1. The van der Waals surface area contributed by atoms with Gasteiger partial charge < -0.3 is 9.80 Å². The number of imide groups is 1. The van der Waals surface area contributed by atoms with E-state index in [4.69, 9.17) is 0 Å². The zero-order chi connectivity index (χ0) is 20.3. The number of rotatable bonds is 3. The van der Waals surface area contributed by atoms with Crippen LogP contribution in [0.2, 0.25) is 0 Å². The number of piperazine rings is 1. The highest BCUT2D eigenvalue weighted by atomic mass is 16.2. The number of hydrogen-bond acceptors (Lipinski definition) is 4. The van der Waals surface area contributed by atoms with Crippen molar-refractivity contribution in [2.45, 2.75) is 20.3 Å². The summed E-state index contributed by atoms with van der Waals surface area (Å²) in [6.45, 7) is 6.84. The lowest BCUT2D eigenvalue weighted by atomic mass is 9.85. The number of fused-ring (bicyclic) bond motifs is 5. The summed E-state index contributed by atoms with van der Waals surface area (Å²) >= 11 is 0. The van der Waals surface area contributed by atoms with E-state index < -0.39 is 0 Å². The first-order chi connectivity index (χ1) is 13.9. The SMILES string of the molecule is Cc1ccc(C)c(N2CCN(C(=O)CN3C(=O)C4C5C=CC(C5)C4C3=O)CC2)c1. The Kier molecular flexibility index (Phi) is 4.26. The molecule has 1 saturated carbocycles. The smallest absolute Gasteiger partial charge is 0.242 e. The van der Waals surface area contributed by atoms with Crippen LogP contribution in [0.3, 0.4) is 0 Å². The van der Waals surface area contributed by atoms with Crippen LogP contribution in [0, 0.1) is 37.5 Å². The van der Waals surface area contributed by atoms with E-state index >= 15 is 0 Å². The Hall–Kier alpha value is -2.63. The summed E-state index contributed by atoms with van der Waals surface area (Å²) in [4.78, 5) is 43.8. The van der Waals surface area contributed by atoms with E-state index in [9.17, 15) is 14.4 Å². The summed E-state index contributed by atoms with van der Waals surface area (Å²) in [5, 5.41) is 0. The van der Waals surface area contributed by atoms with Crippen LogP contribution in [0.4, 0.5) is 5.69 Å². The van der Waals surface area contributed by atoms with Crippen LogP contribution in [0.25, 0.3) is 0 Å². The van der Waals surface area contributed by atoms with Gasteiger partial charge in [0.2, 0.25) is 17.7 Å². The molecule has 0 spiro atoms. The number of hydrogen-bond donors (Lipinski definition) is 0. The largest absolute Gasteiger partial charge is 0.368 e. The molecule has 4 aliphatic rings. The molecule has 29 heavy (non-hydrogen) atoms. The van der Waals surface area contributed by atoms with Crippen molar-refractivity contribution >= 4 is 23.4 Å². The molecule has 2 saturated heterocycles. The van der Waals surface area contributed by atoms with Crippen LogP contribution in [0.1, 0.15) is 17.5 Å². The van der Waals surface area contributed by atoms with Gasteiger partial charge in [-0.2, -0.15) is 0 Å². The molecule has 1 aromatic carbocycles. The predicted octanol–water partition coefficient (Wildman–Crippen LogP) is 1.76. The summed E-state index contributed by atoms with van der Waals surface area (Å²) in [7, 11) is 0. The van der Waals surface area contributed by atoms with Crippen molar-refractivity contribution in [3.63, 3.8) is 0 Å². The van der Waals surface area contributed by atoms with Crippen molar-refractivity contribution in [3.8, 4) is 0 Å². The third-order valence-electron chi connectivity index (χ3n) is 7.19. The van der Waals surface area contributed by atoms with Crippen molar-refractivity contribution in [3.05, 3.63) is 41.5 Å². The highest BCUT2D eigenvalue weighted by Crippen LogP contribution is 2.52. The highest BCUT2D eigenvalue weighted by molar-refractivity contribution is 6.08. The molecule has 6 heteroatoms.